The Labute approximate surface area is 132 Å². The van der Waals surface area contributed by atoms with E-state index in [0.717, 1.165) is 22.9 Å². The molecule has 2 aromatic carbocycles. The molecule has 0 bridgehead atoms. The van der Waals surface area contributed by atoms with Crippen LogP contribution in [0.25, 0.3) is 17.1 Å². The number of hydrogen-bond acceptors (Lipinski definition) is 2. The van der Waals surface area contributed by atoms with Gasteiger partial charge in [-0.3, -0.25) is 4.57 Å². The van der Waals surface area contributed by atoms with Crippen LogP contribution in [-0.4, -0.2) is 14.8 Å². The van der Waals surface area contributed by atoms with Crippen molar-refractivity contribution in [1.82, 2.24) is 14.8 Å². The molecule has 0 radical (unpaired) electrons. The fourth-order valence-corrected chi connectivity index (χ4v) is 2.91. The number of benzene rings is 2. The van der Waals surface area contributed by atoms with Crippen molar-refractivity contribution in [2.75, 3.05) is 0 Å². The van der Waals surface area contributed by atoms with E-state index in [2.05, 4.69) is 74.9 Å². The zero-order chi connectivity index (χ0) is 14.8. The highest BCUT2D eigenvalue weighted by Gasteiger charge is 2.15. The van der Waals surface area contributed by atoms with Gasteiger partial charge < -0.3 is 0 Å². The molecule has 0 unspecified atom stereocenters. The SMILES string of the molecule is Cc1cc(C)cc(-c2nnc(CBr)n2-c2ccccc2)c1. The van der Waals surface area contributed by atoms with E-state index < -0.39 is 0 Å². The van der Waals surface area contributed by atoms with Crippen molar-refractivity contribution in [2.45, 2.75) is 19.2 Å². The van der Waals surface area contributed by atoms with Gasteiger partial charge in [-0.1, -0.05) is 51.3 Å². The molecule has 1 aromatic heterocycles. The molecule has 0 spiro atoms. The van der Waals surface area contributed by atoms with Crippen molar-refractivity contribution >= 4 is 15.9 Å². The number of hydrogen-bond donors (Lipinski definition) is 0. The van der Waals surface area contributed by atoms with E-state index in [1.54, 1.807) is 0 Å². The number of aryl methyl sites for hydroxylation is 2. The van der Waals surface area contributed by atoms with Gasteiger partial charge in [0.15, 0.2) is 5.82 Å². The summed E-state index contributed by atoms with van der Waals surface area (Å²) < 4.78 is 2.10. The maximum absolute atomic E-state index is 4.40. The van der Waals surface area contributed by atoms with Crippen molar-refractivity contribution in [2.24, 2.45) is 0 Å². The number of nitrogens with zero attached hydrogens (tertiary/aromatic N) is 3. The summed E-state index contributed by atoms with van der Waals surface area (Å²) in [6.07, 6.45) is 0. The van der Waals surface area contributed by atoms with Crippen molar-refractivity contribution < 1.29 is 0 Å². The molecule has 3 aromatic rings. The van der Waals surface area contributed by atoms with Crippen LogP contribution in [0.2, 0.25) is 0 Å². The average molecular weight is 342 g/mol. The van der Waals surface area contributed by atoms with Gasteiger partial charge in [0.1, 0.15) is 5.82 Å². The van der Waals surface area contributed by atoms with Crippen LogP contribution in [0.15, 0.2) is 48.5 Å². The predicted molar refractivity (Wildman–Crippen MR) is 88.9 cm³/mol. The molecule has 21 heavy (non-hydrogen) atoms. The Hall–Kier alpha value is -1.94. The summed E-state index contributed by atoms with van der Waals surface area (Å²) in [5.74, 6) is 1.78. The fraction of sp³-hybridized carbons (Fsp3) is 0.176. The third kappa shape index (κ3) is 2.76. The highest BCUT2D eigenvalue weighted by atomic mass is 79.9. The van der Waals surface area contributed by atoms with Crippen LogP contribution in [0.3, 0.4) is 0 Å². The second-order valence-electron chi connectivity index (χ2n) is 5.12. The third-order valence-electron chi connectivity index (χ3n) is 3.34. The average Bonchev–Trinajstić information content (AvgIpc) is 2.91. The Bertz CT molecular complexity index is 743. The topological polar surface area (TPSA) is 30.7 Å². The fourth-order valence-electron chi connectivity index (χ4n) is 2.54. The summed E-state index contributed by atoms with van der Waals surface area (Å²) in [5, 5.41) is 9.38. The van der Waals surface area contributed by atoms with Crippen LogP contribution in [0.1, 0.15) is 17.0 Å². The molecular formula is C17H16BrN3. The van der Waals surface area contributed by atoms with E-state index in [4.69, 9.17) is 0 Å². The van der Waals surface area contributed by atoms with Gasteiger partial charge in [-0.25, -0.2) is 0 Å². The van der Waals surface area contributed by atoms with Gasteiger partial charge in [0.2, 0.25) is 0 Å². The molecule has 0 atom stereocenters. The number of aromatic nitrogens is 3. The second kappa shape index (κ2) is 5.82. The van der Waals surface area contributed by atoms with E-state index in [-0.39, 0.29) is 0 Å². The van der Waals surface area contributed by atoms with Gasteiger partial charge in [-0.2, -0.15) is 0 Å². The summed E-state index contributed by atoms with van der Waals surface area (Å²) >= 11 is 3.50. The lowest BCUT2D eigenvalue weighted by Gasteiger charge is -2.10. The molecule has 4 heteroatoms. The minimum absolute atomic E-state index is 0.666. The summed E-state index contributed by atoms with van der Waals surface area (Å²) in [5.41, 5.74) is 4.63. The molecule has 0 amide bonds. The number of rotatable bonds is 3. The Morgan fingerprint density at radius 1 is 0.952 bits per heavy atom. The quantitative estimate of drug-likeness (QED) is 0.659. The highest BCUT2D eigenvalue weighted by Crippen LogP contribution is 2.25. The largest absolute Gasteiger partial charge is 0.278 e. The number of alkyl halides is 1. The summed E-state index contributed by atoms with van der Waals surface area (Å²) in [6.45, 7) is 4.20. The molecule has 0 aliphatic carbocycles. The van der Waals surface area contributed by atoms with Gasteiger partial charge in [-0.05, 0) is 38.1 Å². The van der Waals surface area contributed by atoms with E-state index >= 15 is 0 Å². The highest BCUT2D eigenvalue weighted by molar-refractivity contribution is 9.08. The van der Waals surface area contributed by atoms with Crippen LogP contribution in [0, 0.1) is 13.8 Å². The summed E-state index contributed by atoms with van der Waals surface area (Å²) in [6, 6.07) is 16.7. The number of halogens is 1. The minimum Gasteiger partial charge on any atom is -0.278 e. The zero-order valence-corrected chi connectivity index (χ0v) is 13.6. The first-order chi connectivity index (χ1) is 10.2. The molecule has 0 N–H and O–H groups in total. The molecule has 0 aliphatic heterocycles. The van der Waals surface area contributed by atoms with Gasteiger partial charge in [0.05, 0.1) is 5.33 Å². The molecular weight excluding hydrogens is 326 g/mol. The lowest BCUT2D eigenvalue weighted by molar-refractivity contribution is 0.962. The van der Waals surface area contributed by atoms with E-state index in [9.17, 15) is 0 Å². The van der Waals surface area contributed by atoms with Crippen molar-refractivity contribution in [3.63, 3.8) is 0 Å². The Kier molecular flexibility index (Phi) is 3.88. The Balaban J connectivity index is 2.22. The van der Waals surface area contributed by atoms with E-state index in [1.807, 2.05) is 18.2 Å². The molecule has 0 aliphatic rings. The molecule has 0 saturated carbocycles. The van der Waals surface area contributed by atoms with Gasteiger partial charge in [-0.15, -0.1) is 10.2 Å². The normalized spacial score (nSPS) is 10.8. The van der Waals surface area contributed by atoms with Crippen molar-refractivity contribution in [3.8, 4) is 17.1 Å². The standard InChI is InChI=1S/C17H16BrN3/c1-12-8-13(2)10-14(9-12)17-20-19-16(11-18)21(17)15-6-4-3-5-7-15/h3-10H,11H2,1-2H3. The summed E-state index contributed by atoms with van der Waals surface area (Å²) in [7, 11) is 0. The smallest absolute Gasteiger partial charge is 0.168 e. The Morgan fingerprint density at radius 2 is 1.62 bits per heavy atom. The lowest BCUT2D eigenvalue weighted by Crippen LogP contribution is -2.01. The van der Waals surface area contributed by atoms with Crippen molar-refractivity contribution in [1.29, 1.82) is 0 Å². The molecule has 0 fully saturated rings. The monoisotopic (exact) mass is 341 g/mol. The van der Waals surface area contributed by atoms with Crippen LogP contribution in [0.4, 0.5) is 0 Å². The maximum Gasteiger partial charge on any atom is 0.168 e. The molecule has 3 rings (SSSR count). The second-order valence-corrected chi connectivity index (χ2v) is 5.68. The Morgan fingerprint density at radius 3 is 2.24 bits per heavy atom. The predicted octanol–water partition coefficient (Wildman–Crippen LogP) is 4.45. The van der Waals surface area contributed by atoms with Crippen LogP contribution in [0.5, 0.6) is 0 Å². The van der Waals surface area contributed by atoms with Crippen molar-refractivity contribution in [3.05, 3.63) is 65.5 Å². The lowest BCUT2D eigenvalue weighted by atomic mass is 10.1. The molecule has 106 valence electrons. The zero-order valence-electron chi connectivity index (χ0n) is 12.0. The molecule has 1 heterocycles. The molecule has 0 saturated heterocycles. The first-order valence-electron chi connectivity index (χ1n) is 6.83. The summed E-state index contributed by atoms with van der Waals surface area (Å²) in [4.78, 5) is 0. The first kappa shape index (κ1) is 14.0. The first-order valence-corrected chi connectivity index (χ1v) is 7.95. The van der Waals surface area contributed by atoms with Gasteiger partial charge in [0, 0.05) is 11.3 Å². The van der Waals surface area contributed by atoms with Gasteiger partial charge in [0.25, 0.3) is 0 Å². The maximum atomic E-state index is 4.40. The van der Waals surface area contributed by atoms with Crippen LogP contribution in [-0.2, 0) is 5.33 Å². The van der Waals surface area contributed by atoms with E-state index in [1.165, 1.54) is 11.1 Å². The van der Waals surface area contributed by atoms with Crippen LogP contribution < -0.4 is 0 Å². The molecule has 3 nitrogen and oxygen atoms in total. The van der Waals surface area contributed by atoms with E-state index in [0.29, 0.717) is 5.33 Å². The number of para-hydroxylation sites is 1. The van der Waals surface area contributed by atoms with Crippen LogP contribution >= 0.6 is 15.9 Å². The minimum atomic E-state index is 0.666. The third-order valence-corrected chi connectivity index (χ3v) is 3.85. The van der Waals surface area contributed by atoms with Gasteiger partial charge >= 0.3 is 0 Å².